The van der Waals surface area contributed by atoms with E-state index in [9.17, 15) is 0 Å². The Kier molecular flexibility index (Phi) is 8.97. The zero-order valence-electron chi connectivity index (χ0n) is 32.3. The molecule has 0 atom stereocenters. The van der Waals surface area contributed by atoms with Crippen molar-refractivity contribution >= 4 is 46.1 Å². The second-order valence-corrected chi connectivity index (χ2v) is 16.8. The lowest BCUT2D eigenvalue weighted by Crippen LogP contribution is -2.56. The van der Waals surface area contributed by atoms with Crippen LogP contribution < -0.4 is 30.2 Å². The highest BCUT2D eigenvalue weighted by atomic mass is 16.5. The lowest BCUT2D eigenvalue weighted by molar-refractivity contribution is 0.124. The highest BCUT2D eigenvalue weighted by molar-refractivity contribution is 6.95. The predicted molar refractivity (Wildman–Crippen MR) is 219 cm³/mol. The number of rotatable bonds is 2. The van der Waals surface area contributed by atoms with E-state index in [1.54, 1.807) is 0 Å². The number of nitrogens with zero attached hydrogens (tertiary/aromatic N) is 2. The van der Waals surface area contributed by atoms with Gasteiger partial charge in [-0.25, -0.2) is 0 Å². The second-order valence-electron chi connectivity index (χ2n) is 16.8. The summed E-state index contributed by atoms with van der Waals surface area (Å²) < 4.78 is 25.6. The molecule has 7 heteroatoms. The smallest absolute Gasteiger partial charge is 0.252 e. The normalized spacial score (nSPS) is 17.9. The fraction of sp³-hybridized carbons (Fsp3) is 0.348. The van der Waals surface area contributed by atoms with Gasteiger partial charge in [0.2, 0.25) is 0 Å². The van der Waals surface area contributed by atoms with Crippen LogP contribution in [0.5, 0.6) is 11.5 Å². The fourth-order valence-electron chi connectivity index (χ4n) is 8.05. The molecule has 4 heterocycles. The first-order valence-electron chi connectivity index (χ1n) is 19.1. The van der Waals surface area contributed by atoms with E-state index in [0.29, 0.717) is 38.8 Å². The molecule has 0 amide bonds. The van der Waals surface area contributed by atoms with Gasteiger partial charge in [-0.15, -0.1) is 0 Å². The van der Waals surface area contributed by atoms with Crippen LogP contribution >= 0.6 is 0 Å². The van der Waals surface area contributed by atoms with Gasteiger partial charge in [-0.2, -0.15) is 0 Å². The molecule has 8 rings (SSSR count). The van der Waals surface area contributed by atoms with Gasteiger partial charge in [0.05, 0.1) is 38.7 Å². The molecule has 0 radical (unpaired) electrons. The van der Waals surface area contributed by atoms with Gasteiger partial charge in [0.1, 0.15) is 5.76 Å². The van der Waals surface area contributed by atoms with Crippen molar-refractivity contribution in [1.29, 1.82) is 0 Å². The highest BCUT2D eigenvalue weighted by Gasteiger charge is 2.46. The molecule has 0 aliphatic carbocycles. The zero-order valence-corrected chi connectivity index (χ0v) is 32.3. The monoisotopic (exact) mass is 706 g/mol. The summed E-state index contributed by atoms with van der Waals surface area (Å²) >= 11 is 0. The Morgan fingerprint density at radius 1 is 0.660 bits per heavy atom. The number of hydrogen-bond donors (Lipinski definition) is 0. The van der Waals surface area contributed by atoms with Crippen molar-refractivity contribution in [3.63, 3.8) is 0 Å². The summed E-state index contributed by atoms with van der Waals surface area (Å²) in [6, 6.07) is 27.2. The van der Waals surface area contributed by atoms with E-state index in [4.69, 9.17) is 18.9 Å². The van der Waals surface area contributed by atoms with Crippen molar-refractivity contribution in [2.75, 3.05) is 42.8 Å². The van der Waals surface area contributed by atoms with Crippen LogP contribution in [0.4, 0.5) is 28.4 Å². The zero-order chi connectivity index (χ0) is 37.1. The maximum absolute atomic E-state index is 6.67. The average Bonchev–Trinajstić information content (AvgIpc) is 3.39. The molecule has 0 fully saturated rings. The first-order valence-corrected chi connectivity index (χ1v) is 19.1. The fourth-order valence-corrected chi connectivity index (χ4v) is 8.05. The molecule has 0 saturated carbocycles. The van der Waals surface area contributed by atoms with Crippen LogP contribution in [0.25, 0.3) is 0 Å². The molecule has 0 spiro atoms. The van der Waals surface area contributed by atoms with Crippen molar-refractivity contribution in [2.45, 2.75) is 72.1 Å². The summed E-state index contributed by atoms with van der Waals surface area (Å²) in [6.45, 7) is 22.7. The molecule has 4 aliphatic heterocycles. The van der Waals surface area contributed by atoms with Gasteiger partial charge in [-0.1, -0.05) is 84.5 Å². The van der Waals surface area contributed by atoms with Crippen molar-refractivity contribution in [2.24, 2.45) is 0 Å². The largest absolute Gasteiger partial charge is 0.494 e. The summed E-state index contributed by atoms with van der Waals surface area (Å²) in [5, 5.41) is 0. The maximum atomic E-state index is 6.67. The number of aryl methyl sites for hydroxylation is 1. The van der Waals surface area contributed by atoms with E-state index in [0.717, 1.165) is 69.4 Å². The van der Waals surface area contributed by atoms with E-state index in [-0.39, 0.29) is 17.5 Å². The number of ether oxygens (including phenoxy) is 4. The third-order valence-corrected chi connectivity index (χ3v) is 10.8. The SMILES string of the molecule is C=C1/C=C\C2=C(COCCCO1)N(c1ccc(C(C)(C)C)cc1)c1cc(C)cc3c1B2c1ccc2c(c1N3c1ccc(C(C)(C)C)cc1)OCCCO2. The predicted octanol–water partition coefficient (Wildman–Crippen LogP) is 9.60. The van der Waals surface area contributed by atoms with Gasteiger partial charge >= 0.3 is 0 Å². The Bertz CT molecular complexity index is 2120. The third kappa shape index (κ3) is 6.43. The molecule has 0 saturated heterocycles. The number of allylic oxidation sites excluding steroid dienone is 3. The van der Waals surface area contributed by atoms with E-state index in [2.05, 4.69) is 144 Å². The molecule has 4 aromatic carbocycles. The van der Waals surface area contributed by atoms with Gasteiger partial charge in [-0.05, 0) is 99.4 Å². The standard InChI is InChI=1S/C46H51BN2O4/c1-30-27-38-42-39(28-30)49(35-18-14-33(15-19-35)46(6,7)8)43-37(21-22-41-44(43)53-26-10-25-52-41)47(42)36-20-11-31(2)51-24-9-23-50-29-40(36)48(38)34-16-12-32(13-17-34)45(3,4)5/h11-22,27-28H,2,9-10,23-26,29H2,1,3-8H3/b20-11-. The molecule has 0 aromatic heterocycles. The Balaban J connectivity index is 1.44. The quantitative estimate of drug-likeness (QED) is 0.194. The Morgan fingerprint density at radius 3 is 1.91 bits per heavy atom. The van der Waals surface area contributed by atoms with Crippen LogP contribution in [0.15, 0.2) is 108 Å². The van der Waals surface area contributed by atoms with E-state index < -0.39 is 0 Å². The van der Waals surface area contributed by atoms with Crippen LogP contribution in [0.1, 0.15) is 71.1 Å². The van der Waals surface area contributed by atoms with Crippen LogP contribution in [0, 0.1) is 6.92 Å². The minimum Gasteiger partial charge on any atom is -0.494 e. The van der Waals surface area contributed by atoms with Crippen LogP contribution in [0.2, 0.25) is 0 Å². The average molecular weight is 707 g/mol. The second kappa shape index (κ2) is 13.5. The summed E-state index contributed by atoms with van der Waals surface area (Å²) in [7, 11) is 0. The van der Waals surface area contributed by atoms with E-state index in [1.807, 2.05) is 6.08 Å². The first-order chi connectivity index (χ1) is 25.4. The number of anilines is 5. The minimum atomic E-state index is -0.119. The summed E-state index contributed by atoms with van der Waals surface area (Å²) in [4.78, 5) is 4.85. The van der Waals surface area contributed by atoms with Crippen LogP contribution in [0.3, 0.4) is 0 Å². The number of benzene rings is 4. The van der Waals surface area contributed by atoms with Gasteiger partial charge in [-0.3, -0.25) is 0 Å². The molecule has 4 aromatic rings. The van der Waals surface area contributed by atoms with Crippen LogP contribution in [-0.2, 0) is 20.3 Å². The molecule has 4 aliphatic rings. The van der Waals surface area contributed by atoms with Crippen molar-refractivity contribution in [3.05, 3.63) is 125 Å². The van der Waals surface area contributed by atoms with Gasteiger partial charge < -0.3 is 28.7 Å². The molecule has 272 valence electrons. The van der Waals surface area contributed by atoms with Crippen molar-refractivity contribution in [1.82, 2.24) is 0 Å². The number of fused-ring (bicyclic) bond motifs is 5. The molecular weight excluding hydrogens is 655 g/mol. The van der Waals surface area contributed by atoms with Crippen molar-refractivity contribution < 1.29 is 18.9 Å². The van der Waals surface area contributed by atoms with Gasteiger partial charge in [0.25, 0.3) is 6.71 Å². The lowest BCUT2D eigenvalue weighted by atomic mass is 9.32. The molecule has 53 heavy (non-hydrogen) atoms. The molecule has 0 unspecified atom stereocenters. The Labute approximate surface area is 315 Å². The number of hydrogen-bond acceptors (Lipinski definition) is 6. The van der Waals surface area contributed by atoms with Crippen LogP contribution in [-0.4, -0.2) is 39.7 Å². The molecule has 0 N–H and O–H groups in total. The van der Waals surface area contributed by atoms with E-state index >= 15 is 0 Å². The molecular formula is C46H51BN2O4. The third-order valence-electron chi connectivity index (χ3n) is 10.8. The summed E-state index contributed by atoms with van der Waals surface area (Å²) in [6.07, 6.45) is 5.85. The topological polar surface area (TPSA) is 43.4 Å². The minimum absolute atomic E-state index is 0.0304. The summed E-state index contributed by atoms with van der Waals surface area (Å²) in [5.41, 5.74) is 14.0. The van der Waals surface area contributed by atoms with Gasteiger partial charge in [0.15, 0.2) is 11.5 Å². The lowest BCUT2D eigenvalue weighted by Gasteiger charge is -2.45. The maximum Gasteiger partial charge on any atom is 0.252 e. The Morgan fingerprint density at radius 2 is 1.25 bits per heavy atom. The Hall–Kier alpha value is -4.88. The van der Waals surface area contributed by atoms with Crippen molar-refractivity contribution in [3.8, 4) is 11.5 Å². The first kappa shape index (κ1) is 35.2. The molecule has 0 bridgehead atoms. The van der Waals surface area contributed by atoms with Gasteiger partial charge in [0, 0.05) is 41.3 Å². The summed E-state index contributed by atoms with van der Waals surface area (Å²) in [5.74, 6) is 2.22. The molecule has 6 nitrogen and oxygen atoms in total. The highest BCUT2D eigenvalue weighted by Crippen LogP contribution is 2.50. The van der Waals surface area contributed by atoms with E-state index in [1.165, 1.54) is 22.2 Å².